The van der Waals surface area contributed by atoms with Gasteiger partial charge < -0.3 is 25.7 Å². The molecule has 0 spiro atoms. The van der Waals surface area contributed by atoms with E-state index >= 15 is 0 Å². The maximum Gasteiger partial charge on any atom is 0.261 e. The molecule has 0 bridgehead atoms. The Kier molecular flexibility index (Phi) is 10.4. The summed E-state index contributed by atoms with van der Waals surface area (Å²) < 4.78 is 3.67. The molecule has 4 N–H and O–H groups in total. The summed E-state index contributed by atoms with van der Waals surface area (Å²) >= 11 is 0. The van der Waals surface area contributed by atoms with Crippen molar-refractivity contribution in [2.75, 3.05) is 49.5 Å². The summed E-state index contributed by atoms with van der Waals surface area (Å²) in [6.45, 7) is 12.0. The number of aliphatic hydroxyl groups excluding tert-OH is 1. The number of carbonyl (C=O) groups is 2. The van der Waals surface area contributed by atoms with E-state index in [4.69, 9.17) is 10.1 Å². The number of aliphatic hydroxyl groups is 2. The van der Waals surface area contributed by atoms with Crippen LogP contribution in [0.15, 0.2) is 55.1 Å². The minimum absolute atomic E-state index is 0.102. The number of anilines is 2. The predicted molar refractivity (Wildman–Crippen MR) is 221 cm³/mol. The van der Waals surface area contributed by atoms with Crippen molar-refractivity contribution in [2.45, 2.75) is 108 Å². The smallest absolute Gasteiger partial charge is 0.261 e. The van der Waals surface area contributed by atoms with Gasteiger partial charge in [-0.15, -0.1) is 0 Å². The quantitative estimate of drug-likeness (QED) is 0.177. The van der Waals surface area contributed by atoms with Crippen LogP contribution in [-0.4, -0.2) is 119 Å². The van der Waals surface area contributed by atoms with Crippen molar-refractivity contribution in [1.82, 2.24) is 44.5 Å². The SMILES string of the molecule is Cc1nc(C2CCC(=O)NC2O)ccc1N1CCC(N2CCN(C3CCC(n4cc5cc(NC(=O)c6cnn7cccnc67)c(C(C)(C)O)cc5n4)CC3)CC2)CC1. The summed E-state index contributed by atoms with van der Waals surface area (Å²) in [4.78, 5) is 42.2. The predicted octanol–water partition coefficient (Wildman–Crippen LogP) is 4.34. The van der Waals surface area contributed by atoms with Crippen molar-refractivity contribution in [3.8, 4) is 0 Å². The van der Waals surface area contributed by atoms with E-state index in [1.807, 2.05) is 18.2 Å². The van der Waals surface area contributed by atoms with E-state index in [2.05, 4.69) is 59.3 Å². The zero-order valence-electron chi connectivity index (χ0n) is 33.7. The molecule has 15 nitrogen and oxygen atoms in total. The molecule has 4 fully saturated rings. The van der Waals surface area contributed by atoms with Crippen LogP contribution in [0.1, 0.15) is 104 Å². The lowest BCUT2D eigenvalue weighted by Gasteiger charge is -2.46. The highest BCUT2D eigenvalue weighted by Gasteiger charge is 2.34. The Bertz CT molecular complexity index is 2290. The zero-order chi connectivity index (χ0) is 40.1. The molecule has 3 aliphatic heterocycles. The first-order chi connectivity index (χ1) is 28.0. The molecule has 2 unspecified atom stereocenters. The van der Waals surface area contributed by atoms with Crippen molar-refractivity contribution in [3.63, 3.8) is 0 Å². The van der Waals surface area contributed by atoms with Crippen molar-refractivity contribution < 1.29 is 19.8 Å². The molecule has 58 heavy (non-hydrogen) atoms. The number of hydrogen-bond donors (Lipinski definition) is 4. The van der Waals surface area contributed by atoms with Crippen LogP contribution in [0, 0.1) is 6.92 Å². The number of rotatable bonds is 8. The Morgan fingerprint density at radius 1 is 0.931 bits per heavy atom. The number of aryl methyl sites for hydroxylation is 1. The number of aromatic nitrogens is 6. The largest absolute Gasteiger partial charge is 0.386 e. The normalized spacial score (nSPS) is 24.4. The fourth-order valence-electron chi connectivity index (χ4n) is 9.90. The van der Waals surface area contributed by atoms with Gasteiger partial charge in [0, 0.05) is 105 Å². The maximum absolute atomic E-state index is 13.4. The van der Waals surface area contributed by atoms with Gasteiger partial charge in [0.1, 0.15) is 11.8 Å². The third kappa shape index (κ3) is 7.68. The second-order valence-corrected chi connectivity index (χ2v) is 17.3. The van der Waals surface area contributed by atoms with Crippen molar-refractivity contribution >= 4 is 39.7 Å². The molecule has 0 radical (unpaired) electrons. The number of fused-ring (bicyclic) bond motifs is 2. The minimum Gasteiger partial charge on any atom is -0.386 e. The number of hydrogen-bond acceptors (Lipinski definition) is 11. The molecule has 2 amide bonds. The molecular weight excluding hydrogens is 735 g/mol. The summed E-state index contributed by atoms with van der Waals surface area (Å²) in [5, 5.41) is 37.4. The van der Waals surface area contributed by atoms with Gasteiger partial charge in [-0.05, 0) is 96.0 Å². The fourth-order valence-corrected chi connectivity index (χ4v) is 9.90. The van der Waals surface area contributed by atoms with E-state index < -0.39 is 11.8 Å². The van der Waals surface area contributed by atoms with Crippen LogP contribution >= 0.6 is 0 Å². The standard InChI is InChI=1S/C43H55N11O4/c1-27-38(11-10-35(46-27)32-9-12-39(55)48-41(32)56)52-17-13-30(14-18-52)51-21-19-50(20-22-51)29-5-7-31(8-6-29)54-26-28-23-37(34(43(2,3)58)24-36(28)49-54)47-42(57)33-25-45-53-16-4-15-44-40(33)53/h4,10-11,15-16,23-26,29-32,41,56,58H,5-9,12-14,17-22H2,1-3H3,(H,47,57)(H,48,55). The molecule has 15 heteroatoms. The summed E-state index contributed by atoms with van der Waals surface area (Å²) in [7, 11) is 0. The molecule has 1 saturated carbocycles. The van der Waals surface area contributed by atoms with Gasteiger partial charge in [-0.3, -0.25) is 29.1 Å². The van der Waals surface area contributed by atoms with Gasteiger partial charge in [0.05, 0.1) is 34.7 Å². The van der Waals surface area contributed by atoms with Crippen LogP contribution in [0.4, 0.5) is 11.4 Å². The third-order valence-corrected chi connectivity index (χ3v) is 13.2. The highest BCUT2D eigenvalue weighted by molar-refractivity contribution is 6.09. The van der Waals surface area contributed by atoms with E-state index in [1.165, 1.54) is 11.9 Å². The van der Waals surface area contributed by atoms with Crippen LogP contribution in [0.2, 0.25) is 0 Å². The highest BCUT2D eigenvalue weighted by atomic mass is 16.3. The van der Waals surface area contributed by atoms with Gasteiger partial charge in [0.15, 0.2) is 5.65 Å². The Morgan fingerprint density at radius 3 is 2.33 bits per heavy atom. The molecular formula is C43H55N11O4. The van der Waals surface area contributed by atoms with Crippen LogP contribution < -0.4 is 15.5 Å². The first kappa shape index (κ1) is 38.6. The number of carbonyl (C=O) groups excluding carboxylic acids is 2. The zero-order valence-corrected chi connectivity index (χ0v) is 33.7. The van der Waals surface area contributed by atoms with Crippen LogP contribution in [0.25, 0.3) is 16.6 Å². The third-order valence-electron chi connectivity index (χ3n) is 13.2. The number of amides is 2. The number of piperidine rings is 2. The van der Waals surface area contributed by atoms with E-state index in [1.54, 1.807) is 36.8 Å². The summed E-state index contributed by atoms with van der Waals surface area (Å²) in [5.74, 6) is -0.601. The van der Waals surface area contributed by atoms with Crippen molar-refractivity contribution in [1.29, 1.82) is 0 Å². The number of nitrogens with zero attached hydrogens (tertiary/aromatic N) is 9. The molecule has 4 aliphatic rings. The molecule has 306 valence electrons. The van der Waals surface area contributed by atoms with Crippen molar-refractivity contribution in [3.05, 3.63) is 77.6 Å². The van der Waals surface area contributed by atoms with E-state index in [0.29, 0.717) is 53.4 Å². The monoisotopic (exact) mass is 789 g/mol. The van der Waals surface area contributed by atoms with E-state index in [9.17, 15) is 19.8 Å². The van der Waals surface area contributed by atoms with Gasteiger partial charge in [-0.2, -0.15) is 10.2 Å². The van der Waals surface area contributed by atoms with Gasteiger partial charge in [0.25, 0.3) is 5.91 Å². The number of piperazine rings is 1. The second kappa shape index (κ2) is 15.7. The van der Waals surface area contributed by atoms with Crippen molar-refractivity contribution in [2.24, 2.45) is 0 Å². The Labute approximate surface area is 338 Å². The van der Waals surface area contributed by atoms with E-state index in [-0.39, 0.29) is 17.7 Å². The molecule has 7 heterocycles. The Balaban J connectivity index is 0.770. The van der Waals surface area contributed by atoms with E-state index in [0.717, 1.165) is 100 Å². The van der Waals surface area contributed by atoms with Gasteiger partial charge in [0.2, 0.25) is 5.91 Å². The first-order valence-electron chi connectivity index (χ1n) is 21.0. The topological polar surface area (TPSA) is 169 Å². The molecule has 4 aromatic heterocycles. The van der Waals surface area contributed by atoms with Gasteiger partial charge in [-0.25, -0.2) is 9.50 Å². The number of pyridine rings is 1. The van der Waals surface area contributed by atoms with Gasteiger partial charge in [-0.1, -0.05) is 0 Å². The minimum atomic E-state index is -1.20. The lowest BCUT2D eigenvalue weighted by molar-refractivity contribution is -0.127. The molecule has 2 atom stereocenters. The molecule has 3 saturated heterocycles. The number of nitrogens with one attached hydrogen (secondary N) is 2. The van der Waals surface area contributed by atoms with Gasteiger partial charge >= 0.3 is 0 Å². The average molecular weight is 790 g/mol. The molecule has 1 aliphatic carbocycles. The highest BCUT2D eigenvalue weighted by Crippen LogP contribution is 2.36. The Morgan fingerprint density at radius 2 is 1.64 bits per heavy atom. The summed E-state index contributed by atoms with van der Waals surface area (Å²) in [6, 6.07) is 11.3. The summed E-state index contributed by atoms with van der Waals surface area (Å²) in [6.07, 6.45) is 13.8. The average Bonchev–Trinajstić information content (AvgIpc) is 3.85. The van der Waals surface area contributed by atoms with Crippen LogP contribution in [0.5, 0.6) is 0 Å². The van der Waals surface area contributed by atoms with Crippen LogP contribution in [-0.2, 0) is 10.4 Å². The second-order valence-electron chi connectivity index (χ2n) is 17.3. The molecule has 9 rings (SSSR count). The first-order valence-corrected chi connectivity index (χ1v) is 21.0. The number of benzene rings is 1. The lowest BCUT2D eigenvalue weighted by atomic mass is 9.89. The fraction of sp³-hybridized carbons (Fsp3) is 0.535. The molecule has 5 aromatic rings. The Hall–Kier alpha value is -4.96. The maximum atomic E-state index is 13.4. The molecule has 1 aromatic carbocycles. The van der Waals surface area contributed by atoms with Crippen LogP contribution in [0.3, 0.4) is 0 Å². The lowest BCUT2D eigenvalue weighted by Crippen LogP contribution is -2.55. The summed E-state index contributed by atoms with van der Waals surface area (Å²) in [5.41, 5.74) is 4.58.